The number of nitrogens with zero attached hydrogens (tertiary/aromatic N) is 3. The molecule has 1 atom stereocenters. The van der Waals surface area contributed by atoms with E-state index in [1.807, 2.05) is 25.1 Å². The van der Waals surface area contributed by atoms with Gasteiger partial charge in [0.15, 0.2) is 11.6 Å². The van der Waals surface area contributed by atoms with Crippen molar-refractivity contribution in [1.82, 2.24) is 9.80 Å². The number of anilines is 1. The zero-order chi connectivity index (χ0) is 26.9. The highest BCUT2D eigenvalue weighted by Gasteiger charge is 2.45. The number of nitrogens with two attached hydrogens (primary N) is 1. The number of piperidine rings is 1. The van der Waals surface area contributed by atoms with E-state index in [9.17, 15) is 14.8 Å². The molecular weight excluding hydrogens is 477 g/mol. The SMILES string of the molecule is C=C(CN1CCc2cc(-c3cccc(C#N)c3)ccc2C12CCN(C(C)N)CC2)Nc1ccc(F)c(O)c1. The fraction of sp³-hybridized carbons (Fsp3) is 0.323. The van der Waals surface area contributed by atoms with Crippen LogP contribution in [0.15, 0.2) is 72.9 Å². The Kier molecular flexibility index (Phi) is 7.22. The van der Waals surface area contributed by atoms with Gasteiger partial charge in [-0.2, -0.15) is 5.26 Å². The minimum absolute atomic E-state index is 0.0152. The maximum absolute atomic E-state index is 13.5. The summed E-state index contributed by atoms with van der Waals surface area (Å²) < 4.78 is 13.5. The summed E-state index contributed by atoms with van der Waals surface area (Å²) in [6.45, 7) is 9.62. The molecule has 7 heteroatoms. The quantitative estimate of drug-likeness (QED) is 0.424. The molecule has 1 saturated heterocycles. The van der Waals surface area contributed by atoms with Crippen LogP contribution in [0.1, 0.15) is 36.5 Å². The number of nitriles is 1. The van der Waals surface area contributed by atoms with Crippen LogP contribution in [0.3, 0.4) is 0 Å². The summed E-state index contributed by atoms with van der Waals surface area (Å²) >= 11 is 0. The molecule has 0 aliphatic carbocycles. The molecule has 4 N–H and O–H groups in total. The molecule has 2 aliphatic heterocycles. The Morgan fingerprint density at radius 2 is 1.89 bits per heavy atom. The van der Waals surface area contributed by atoms with Crippen molar-refractivity contribution in [2.24, 2.45) is 5.73 Å². The van der Waals surface area contributed by atoms with Crippen molar-refractivity contribution in [1.29, 1.82) is 5.26 Å². The van der Waals surface area contributed by atoms with Gasteiger partial charge in [0.1, 0.15) is 0 Å². The van der Waals surface area contributed by atoms with Crippen LogP contribution in [0.5, 0.6) is 5.75 Å². The van der Waals surface area contributed by atoms with Gasteiger partial charge in [0.05, 0.1) is 17.8 Å². The molecule has 6 nitrogen and oxygen atoms in total. The molecule has 5 rings (SSSR count). The topological polar surface area (TPSA) is 88.6 Å². The number of phenols is 1. The Bertz CT molecular complexity index is 1390. The van der Waals surface area contributed by atoms with Crippen molar-refractivity contribution in [2.75, 3.05) is 31.5 Å². The maximum atomic E-state index is 13.5. The van der Waals surface area contributed by atoms with Crippen molar-refractivity contribution in [2.45, 2.75) is 37.9 Å². The number of phenolic OH excluding ortho intramolecular Hbond substituents is 1. The Hall–Kier alpha value is -3.70. The average Bonchev–Trinajstić information content (AvgIpc) is 2.92. The van der Waals surface area contributed by atoms with Crippen molar-refractivity contribution in [3.05, 3.63) is 95.4 Å². The zero-order valence-electron chi connectivity index (χ0n) is 21.8. The number of aromatic hydroxyl groups is 1. The molecule has 0 amide bonds. The van der Waals surface area contributed by atoms with E-state index in [1.54, 1.807) is 6.07 Å². The first-order valence-corrected chi connectivity index (χ1v) is 13.1. The van der Waals surface area contributed by atoms with Crippen LogP contribution in [0, 0.1) is 17.1 Å². The van der Waals surface area contributed by atoms with Gasteiger partial charge < -0.3 is 16.2 Å². The highest BCUT2D eigenvalue weighted by atomic mass is 19.1. The minimum Gasteiger partial charge on any atom is -0.505 e. The van der Waals surface area contributed by atoms with Crippen molar-refractivity contribution in [3.8, 4) is 22.9 Å². The molecule has 0 bridgehead atoms. The van der Waals surface area contributed by atoms with Crippen LogP contribution >= 0.6 is 0 Å². The predicted molar refractivity (Wildman–Crippen MR) is 149 cm³/mol. The lowest BCUT2D eigenvalue weighted by Crippen LogP contribution is -2.58. The van der Waals surface area contributed by atoms with Gasteiger partial charge in [0.25, 0.3) is 0 Å². The lowest BCUT2D eigenvalue weighted by atomic mass is 9.73. The first-order valence-electron chi connectivity index (χ1n) is 13.1. The number of nitrogens with one attached hydrogen (secondary N) is 1. The molecule has 196 valence electrons. The Morgan fingerprint density at radius 1 is 1.13 bits per heavy atom. The zero-order valence-corrected chi connectivity index (χ0v) is 21.8. The smallest absolute Gasteiger partial charge is 0.164 e. The number of benzene rings is 3. The van der Waals surface area contributed by atoms with Crippen LogP contribution in [0.2, 0.25) is 0 Å². The van der Waals surface area contributed by atoms with Gasteiger partial charge in [0.2, 0.25) is 0 Å². The summed E-state index contributed by atoms with van der Waals surface area (Å²) in [5, 5.41) is 22.3. The molecule has 0 aromatic heterocycles. The molecule has 2 aliphatic rings. The maximum Gasteiger partial charge on any atom is 0.164 e. The second kappa shape index (κ2) is 10.6. The molecule has 1 unspecified atom stereocenters. The van der Waals surface area contributed by atoms with Crippen LogP contribution < -0.4 is 11.1 Å². The van der Waals surface area contributed by atoms with Crippen LogP contribution in [-0.2, 0) is 12.0 Å². The Morgan fingerprint density at radius 3 is 2.61 bits per heavy atom. The van der Waals surface area contributed by atoms with Gasteiger partial charge in [-0.05, 0) is 72.7 Å². The molecule has 1 spiro atoms. The summed E-state index contributed by atoms with van der Waals surface area (Å²) in [7, 11) is 0. The molecule has 3 aromatic carbocycles. The van der Waals surface area contributed by atoms with Gasteiger partial charge in [-0.15, -0.1) is 0 Å². The predicted octanol–water partition coefficient (Wildman–Crippen LogP) is 5.15. The van der Waals surface area contributed by atoms with E-state index in [0.717, 1.165) is 55.7 Å². The van der Waals surface area contributed by atoms with E-state index in [1.165, 1.54) is 23.3 Å². The lowest BCUT2D eigenvalue weighted by molar-refractivity contribution is 0.00572. The second-order valence-electron chi connectivity index (χ2n) is 10.4. The van der Waals surface area contributed by atoms with Gasteiger partial charge in [-0.25, -0.2) is 4.39 Å². The number of fused-ring (bicyclic) bond motifs is 2. The van der Waals surface area contributed by atoms with Crippen molar-refractivity contribution >= 4 is 5.69 Å². The van der Waals surface area contributed by atoms with Crippen molar-refractivity contribution < 1.29 is 9.50 Å². The van der Waals surface area contributed by atoms with Gasteiger partial charge in [-0.1, -0.05) is 36.9 Å². The van der Waals surface area contributed by atoms with Gasteiger partial charge in [-0.3, -0.25) is 9.80 Å². The normalized spacial score (nSPS) is 17.9. The number of hydrogen-bond donors (Lipinski definition) is 3. The second-order valence-corrected chi connectivity index (χ2v) is 10.4. The average molecular weight is 512 g/mol. The third kappa shape index (κ3) is 5.03. The molecule has 3 aromatic rings. The van der Waals surface area contributed by atoms with E-state index in [-0.39, 0.29) is 17.5 Å². The number of rotatable bonds is 6. The first-order chi connectivity index (χ1) is 18.3. The summed E-state index contributed by atoms with van der Waals surface area (Å²) in [6.07, 6.45) is 2.83. The van der Waals surface area contributed by atoms with Gasteiger partial charge >= 0.3 is 0 Å². The fourth-order valence-corrected chi connectivity index (χ4v) is 6.02. The van der Waals surface area contributed by atoms with Crippen LogP contribution in [0.4, 0.5) is 10.1 Å². The standard InChI is InChI=1S/C31H34FN5O/c1-21(35-27-7-9-29(32)30(38)18-27)20-37-13-10-26-17-25(24-5-3-4-23(16-24)19-33)6-8-28(26)31(37)11-14-36(15-12-31)22(2)34/h3-9,16-18,22,35,38H,1,10-15,20,34H2,2H3. The molecule has 0 saturated carbocycles. The van der Waals surface area contributed by atoms with Crippen LogP contribution in [-0.4, -0.2) is 47.3 Å². The van der Waals surface area contributed by atoms with E-state index in [0.29, 0.717) is 17.8 Å². The summed E-state index contributed by atoms with van der Waals surface area (Å²) in [5.41, 5.74) is 13.0. The first kappa shape index (κ1) is 25.9. The highest BCUT2D eigenvalue weighted by molar-refractivity contribution is 5.67. The van der Waals surface area contributed by atoms with E-state index in [2.05, 4.69) is 52.0 Å². The number of likely N-dealkylation sites (tertiary alicyclic amines) is 1. The Balaban J connectivity index is 1.44. The summed E-state index contributed by atoms with van der Waals surface area (Å²) in [5.74, 6) is -1.03. The van der Waals surface area contributed by atoms with E-state index in [4.69, 9.17) is 5.73 Å². The Labute approximate surface area is 223 Å². The lowest BCUT2D eigenvalue weighted by Gasteiger charge is -2.53. The molecule has 0 radical (unpaired) electrons. The van der Waals surface area contributed by atoms with E-state index < -0.39 is 5.82 Å². The minimum atomic E-state index is -0.646. The molecular formula is C31H34FN5O. The monoisotopic (exact) mass is 511 g/mol. The van der Waals surface area contributed by atoms with Crippen LogP contribution in [0.25, 0.3) is 11.1 Å². The highest BCUT2D eigenvalue weighted by Crippen LogP contribution is 2.45. The van der Waals surface area contributed by atoms with Gasteiger partial charge in [0, 0.05) is 49.2 Å². The molecule has 38 heavy (non-hydrogen) atoms. The van der Waals surface area contributed by atoms with E-state index >= 15 is 0 Å². The third-order valence-electron chi connectivity index (χ3n) is 8.04. The largest absolute Gasteiger partial charge is 0.505 e. The van der Waals surface area contributed by atoms with Crippen molar-refractivity contribution in [3.63, 3.8) is 0 Å². The number of hydrogen-bond acceptors (Lipinski definition) is 6. The summed E-state index contributed by atoms with van der Waals surface area (Å²) in [4.78, 5) is 4.84. The number of halogens is 1. The summed E-state index contributed by atoms with van der Waals surface area (Å²) in [6, 6.07) is 21.0. The third-order valence-corrected chi connectivity index (χ3v) is 8.04. The fourth-order valence-electron chi connectivity index (χ4n) is 6.02. The molecule has 2 heterocycles. The molecule has 1 fully saturated rings.